The summed E-state index contributed by atoms with van der Waals surface area (Å²) in [6.07, 6.45) is 6.41. The van der Waals surface area contributed by atoms with Crippen molar-refractivity contribution in [2.45, 2.75) is 88.5 Å². The number of hydrogen-bond donors (Lipinski definition) is 1. The second kappa shape index (κ2) is 16.0. The fourth-order valence-corrected chi connectivity index (χ4v) is 9.97. The average molecular weight is 759 g/mol. The van der Waals surface area contributed by atoms with E-state index in [0.717, 1.165) is 32.1 Å². The molecule has 2 aromatic rings. The van der Waals surface area contributed by atoms with Gasteiger partial charge in [0.1, 0.15) is 17.6 Å². The molecule has 1 saturated heterocycles. The summed E-state index contributed by atoms with van der Waals surface area (Å²) >= 11 is 6.45. The topological polar surface area (TPSA) is 108 Å². The van der Waals surface area contributed by atoms with Crippen LogP contribution in [0.15, 0.2) is 48.3 Å². The quantitative estimate of drug-likeness (QED) is 0.390. The van der Waals surface area contributed by atoms with Crippen LogP contribution in [0.5, 0.6) is 5.75 Å². The number of halogens is 2. The van der Waals surface area contributed by atoms with E-state index in [1.165, 1.54) is 24.1 Å². The third-order valence-electron chi connectivity index (χ3n) is 11.6. The fourth-order valence-electron chi connectivity index (χ4n) is 8.49. The summed E-state index contributed by atoms with van der Waals surface area (Å²) in [7, 11) is -2.56. The second-order valence-electron chi connectivity index (χ2n) is 15.0. The van der Waals surface area contributed by atoms with Gasteiger partial charge < -0.3 is 19.3 Å². The zero-order chi connectivity index (χ0) is 37.2. The van der Waals surface area contributed by atoms with E-state index < -0.39 is 44.4 Å². The first-order valence-electron chi connectivity index (χ1n) is 18.6. The highest BCUT2D eigenvalue weighted by Crippen LogP contribution is 2.45. The van der Waals surface area contributed by atoms with Crippen LogP contribution >= 0.6 is 11.6 Å². The van der Waals surface area contributed by atoms with Gasteiger partial charge in [-0.05, 0) is 106 Å². The van der Waals surface area contributed by atoms with Crippen molar-refractivity contribution in [2.24, 2.45) is 5.92 Å². The first-order valence-corrected chi connectivity index (χ1v) is 20.6. The average Bonchev–Trinajstić information content (AvgIpc) is 3.51. The number of anilines is 1. The molecular formula is C39H52ClFN4O6S. The van der Waals surface area contributed by atoms with Crippen LogP contribution in [0.3, 0.4) is 0 Å². The molecule has 4 aliphatic rings. The van der Waals surface area contributed by atoms with Crippen LogP contribution in [-0.4, -0.2) is 100 Å². The minimum Gasteiger partial charge on any atom is -0.490 e. The zero-order valence-corrected chi connectivity index (χ0v) is 32.3. The Morgan fingerprint density at radius 1 is 1.17 bits per heavy atom. The van der Waals surface area contributed by atoms with Crippen LogP contribution in [0, 0.1) is 5.92 Å². The smallest absolute Gasteiger partial charge is 0.264 e. The number of rotatable bonds is 6. The summed E-state index contributed by atoms with van der Waals surface area (Å²) < 4.78 is 58.0. The number of benzene rings is 2. The van der Waals surface area contributed by atoms with Crippen molar-refractivity contribution in [3.8, 4) is 5.75 Å². The lowest BCUT2D eigenvalue weighted by Gasteiger charge is -2.42. The predicted octanol–water partition coefficient (Wildman–Crippen LogP) is 5.87. The molecule has 1 fully saturated rings. The summed E-state index contributed by atoms with van der Waals surface area (Å²) in [5.41, 5.74) is 2.81. The van der Waals surface area contributed by atoms with E-state index in [1.54, 1.807) is 37.1 Å². The first kappa shape index (κ1) is 38.5. The van der Waals surface area contributed by atoms with E-state index >= 15 is 4.39 Å². The number of aryl methyl sites for hydroxylation is 1. The monoisotopic (exact) mass is 758 g/mol. The van der Waals surface area contributed by atoms with Gasteiger partial charge in [0, 0.05) is 55.3 Å². The number of carbonyl (C=O) groups excluding carboxylic acids is 2. The Morgan fingerprint density at radius 2 is 1.98 bits per heavy atom. The lowest BCUT2D eigenvalue weighted by molar-refractivity contribution is -0.137. The number of carbonyl (C=O) groups is 2. The number of hydrogen-bond acceptors (Lipinski definition) is 8. The molecule has 0 aromatic heterocycles. The molecule has 52 heavy (non-hydrogen) atoms. The Kier molecular flexibility index (Phi) is 11.9. The van der Waals surface area contributed by atoms with Gasteiger partial charge in [0.2, 0.25) is 15.9 Å². The van der Waals surface area contributed by atoms with Crippen molar-refractivity contribution in [2.75, 3.05) is 57.9 Å². The largest absolute Gasteiger partial charge is 0.490 e. The maximum atomic E-state index is 16.8. The van der Waals surface area contributed by atoms with Crippen molar-refractivity contribution in [1.82, 2.24) is 14.5 Å². The Balaban J connectivity index is 1.47. The standard InChI is InChI=1S/C39H52ClFN4O6S/c1-5-17-43(19-20-50-4)38(47)36-33(41)14-10-26(2)27(3)52(48,49)42-37(46)29-11-15-35-34(22-29)44(23-31-9-7-18-45(31)36)24-39(25-51-35)16-6-8-28-21-30(40)12-13-32(28)39/h11-15,21-22,26-27,31,36H,5-10,16-20,23-25H2,1-4H3,(H,42,46)/b33-14-/t26-,27+,31-,36+,39-/m0/s1. The third kappa shape index (κ3) is 7.86. The van der Waals surface area contributed by atoms with Crippen molar-refractivity contribution in [1.29, 1.82) is 0 Å². The molecule has 2 aromatic carbocycles. The molecule has 0 saturated carbocycles. The minimum atomic E-state index is -4.14. The molecule has 0 radical (unpaired) electrons. The maximum Gasteiger partial charge on any atom is 0.264 e. The molecule has 1 N–H and O–H groups in total. The Morgan fingerprint density at radius 3 is 2.75 bits per heavy atom. The fraction of sp³-hybridized carbons (Fsp3) is 0.590. The van der Waals surface area contributed by atoms with Gasteiger partial charge >= 0.3 is 0 Å². The van der Waals surface area contributed by atoms with Gasteiger partial charge in [-0.1, -0.05) is 37.6 Å². The van der Waals surface area contributed by atoms with Crippen molar-refractivity contribution >= 4 is 39.1 Å². The Hall–Kier alpha value is -3.19. The van der Waals surface area contributed by atoms with E-state index in [4.69, 9.17) is 21.1 Å². The van der Waals surface area contributed by atoms with Crippen LogP contribution in [0.2, 0.25) is 5.02 Å². The number of methoxy groups -OCH3 is 1. The highest BCUT2D eigenvalue weighted by atomic mass is 35.5. The third-order valence-corrected chi connectivity index (χ3v) is 13.7. The van der Waals surface area contributed by atoms with Gasteiger partial charge in [-0.3, -0.25) is 14.5 Å². The molecule has 3 heterocycles. The lowest BCUT2D eigenvalue weighted by atomic mass is 9.70. The van der Waals surface area contributed by atoms with Crippen molar-refractivity contribution in [3.05, 3.63) is 70.0 Å². The van der Waals surface area contributed by atoms with Gasteiger partial charge in [-0.25, -0.2) is 17.5 Å². The second-order valence-corrected chi connectivity index (χ2v) is 17.5. The molecule has 2 amide bonds. The summed E-state index contributed by atoms with van der Waals surface area (Å²) in [4.78, 5) is 33.9. The van der Waals surface area contributed by atoms with E-state index in [0.29, 0.717) is 68.8 Å². The molecule has 13 heteroatoms. The van der Waals surface area contributed by atoms with E-state index in [2.05, 4.69) is 15.7 Å². The summed E-state index contributed by atoms with van der Waals surface area (Å²) in [6.45, 7) is 8.26. The lowest BCUT2D eigenvalue weighted by Crippen LogP contribution is -2.55. The minimum absolute atomic E-state index is 0.0739. The first-order chi connectivity index (χ1) is 24.9. The Labute approximate surface area is 312 Å². The number of nitrogens with one attached hydrogen (secondary N) is 1. The van der Waals surface area contributed by atoms with Crippen LogP contribution in [0.4, 0.5) is 10.1 Å². The SMILES string of the molecule is CCCN(CCOC)C(=O)[C@H]1/C(F)=C/C[C@H](C)[C@@H](C)S(=O)(=O)NC(=O)c2ccc3c(c2)N(C[C@@H]2CCCN21)C[C@@]1(CCCc2cc(Cl)ccc21)CO3. The number of sulfonamides is 1. The molecule has 5 atom stereocenters. The van der Waals surface area contributed by atoms with Gasteiger partial charge in [-0.15, -0.1) is 0 Å². The maximum absolute atomic E-state index is 16.8. The zero-order valence-electron chi connectivity index (χ0n) is 30.7. The number of allylic oxidation sites excluding steroid dienone is 1. The van der Waals surface area contributed by atoms with Crippen LogP contribution in [0.25, 0.3) is 0 Å². The van der Waals surface area contributed by atoms with Gasteiger partial charge in [0.05, 0.1) is 24.2 Å². The predicted molar refractivity (Wildman–Crippen MR) is 201 cm³/mol. The molecule has 1 aliphatic carbocycles. The number of ether oxygens (including phenoxy) is 2. The summed E-state index contributed by atoms with van der Waals surface area (Å²) in [5, 5.41) is -0.330. The molecule has 6 rings (SSSR count). The number of nitrogens with zero attached hydrogens (tertiary/aromatic N) is 3. The van der Waals surface area contributed by atoms with Gasteiger partial charge in [0.25, 0.3) is 5.91 Å². The molecule has 0 unspecified atom stereocenters. The molecule has 284 valence electrons. The summed E-state index contributed by atoms with van der Waals surface area (Å²) in [6, 6.07) is 9.73. The molecular weight excluding hydrogens is 707 g/mol. The molecule has 10 nitrogen and oxygen atoms in total. The van der Waals surface area contributed by atoms with E-state index in [-0.39, 0.29) is 23.9 Å². The number of fused-ring (bicyclic) bond motifs is 4. The highest BCUT2D eigenvalue weighted by molar-refractivity contribution is 7.90. The van der Waals surface area contributed by atoms with E-state index in [9.17, 15) is 18.0 Å². The highest BCUT2D eigenvalue weighted by Gasteiger charge is 2.45. The van der Waals surface area contributed by atoms with Crippen LogP contribution < -0.4 is 14.4 Å². The van der Waals surface area contributed by atoms with E-state index in [1.807, 2.05) is 24.0 Å². The van der Waals surface area contributed by atoms with Gasteiger partial charge in [0.15, 0.2) is 0 Å². The summed E-state index contributed by atoms with van der Waals surface area (Å²) in [5.74, 6) is -1.60. The molecule has 3 aliphatic heterocycles. The molecule has 1 spiro atoms. The van der Waals surface area contributed by atoms with Crippen molar-refractivity contribution in [3.63, 3.8) is 0 Å². The van der Waals surface area contributed by atoms with Crippen molar-refractivity contribution < 1.29 is 31.9 Å². The normalized spacial score (nSPS) is 28.8. The molecule has 2 bridgehead atoms. The van der Waals surface area contributed by atoms with Gasteiger partial charge in [-0.2, -0.15) is 0 Å². The van der Waals surface area contributed by atoms with Crippen LogP contribution in [0.1, 0.15) is 80.8 Å². The van der Waals surface area contributed by atoms with Crippen LogP contribution in [-0.2, 0) is 31.4 Å². The number of amides is 2. The Bertz CT molecular complexity index is 1790.